The molecule has 2 rings (SSSR count). The predicted molar refractivity (Wildman–Crippen MR) is 108 cm³/mol. The standard InChI is InChI=1S/C21H23ClN2O4/c1-5-6-17(25)24-16-9-7-15(8-10-16)19(26)14(4)28-21(27)18-12(2)11-13(3)23-20(18)22/h7-11,14H,5-6H2,1-4H3,(H,24,25)/t14-/m0/s1. The normalized spacial score (nSPS) is 11.6. The van der Waals surface area contributed by atoms with E-state index in [0.717, 1.165) is 6.42 Å². The second-order valence-electron chi connectivity index (χ2n) is 6.53. The van der Waals surface area contributed by atoms with Gasteiger partial charge in [0.1, 0.15) is 5.15 Å². The number of Topliss-reactive ketones (excluding diaryl/α,β-unsaturated/α-hetero) is 1. The van der Waals surface area contributed by atoms with Gasteiger partial charge in [-0.1, -0.05) is 18.5 Å². The fraction of sp³-hybridized carbons (Fsp3) is 0.333. The Morgan fingerprint density at radius 3 is 2.39 bits per heavy atom. The number of esters is 1. The first-order valence-electron chi connectivity index (χ1n) is 9.01. The topological polar surface area (TPSA) is 85.4 Å². The summed E-state index contributed by atoms with van der Waals surface area (Å²) in [5.74, 6) is -1.13. The SMILES string of the molecule is CCCC(=O)Nc1ccc(C(=O)[C@H](C)OC(=O)c2c(C)cc(C)nc2Cl)cc1. The van der Waals surface area contributed by atoms with E-state index in [-0.39, 0.29) is 22.4 Å². The highest BCUT2D eigenvalue weighted by molar-refractivity contribution is 6.32. The molecule has 1 heterocycles. The molecule has 6 nitrogen and oxygen atoms in total. The van der Waals surface area contributed by atoms with Crippen LogP contribution in [0.4, 0.5) is 5.69 Å². The number of hydrogen-bond acceptors (Lipinski definition) is 5. The molecule has 1 aromatic carbocycles. The van der Waals surface area contributed by atoms with E-state index in [1.54, 1.807) is 44.2 Å². The maximum absolute atomic E-state index is 12.6. The number of nitrogens with one attached hydrogen (secondary N) is 1. The van der Waals surface area contributed by atoms with Gasteiger partial charge in [0.15, 0.2) is 6.10 Å². The molecule has 1 amide bonds. The van der Waals surface area contributed by atoms with Gasteiger partial charge in [0.05, 0.1) is 5.56 Å². The first kappa shape index (κ1) is 21.6. The summed E-state index contributed by atoms with van der Waals surface area (Å²) >= 11 is 6.06. The van der Waals surface area contributed by atoms with Crippen LogP contribution < -0.4 is 5.32 Å². The molecule has 0 aliphatic carbocycles. The zero-order valence-corrected chi connectivity index (χ0v) is 17.1. The van der Waals surface area contributed by atoms with Crippen molar-refractivity contribution in [2.75, 3.05) is 5.32 Å². The lowest BCUT2D eigenvalue weighted by Gasteiger charge is -2.14. The average Bonchev–Trinajstić information content (AvgIpc) is 2.61. The molecule has 0 radical (unpaired) electrons. The zero-order chi connectivity index (χ0) is 20.8. The molecule has 2 aromatic rings. The highest BCUT2D eigenvalue weighted by atomic mass is 35.5. The molecule has 1 atom stereocenters. The molecular weight excluding hydrogens is 380 g/mol. The highest BCUT2D eigenvalue weighted by Crippen LogP contribution is 2.21. The molecule has 0 aliphatic rings. The van der Waals surface area contributed by atoms with Crippen molar-refractivity contribution in [3.63, 3.8) is 0 Å². The molecule has 28 heavy (non-hydrogen) atoms. The summed E-state index contributed by atoms with van der Waals surface area (Å²) in [6, 6.07) is 8.17. The van der Waals surface area contributed by atoms with E-state index < -0.39 is 12.1 Å². The van der Waals surface area contributed by atoms with Crippen molar-refractivity contribution in [2.45, 2.75) is 46.6 Å². The van der Waals surface area contributed by atoms with Crippen LogP contribution in [0.1, 0.15) is 58.7 Å². The first-order chi connectivity index (χ1) is 13.2. The van der Waals surface area contributed by atoms with Crippen LogP contribution in [-0.2, 0) is 9.53 Å². The maximum atomic E-state index is 12.6. The third-order valence-electron chi connectivity index (χ3n) is 4.09. The Morgan fingerprint density at radius 2 is 1.82 bits per heavy atom. The van der Waals surface area contributed by atoms with Gasteiger partial charge in [-0.25, -0.2) is 9.78 Å². The Bertz CT molecular complexity index is 871. The lowest BCUT2D eigenvalue weighted by molar-refractivity contribution is -0.116. The Hall–Kier alpha value is -2.73. The molecule has 1 N–H and O–H groups in total. The summed E-state index contributed by atoms with van der Waals surface area (Å²) in [7, 11) is 0. The number of ketones is 1. The highest BCUT2D eigenvalue weighted by Gasteiger charge is 2.23. The minimum atomic E-state index is -0.996. The van der Waals surface area contributed by atoms with E-state index in [2.05, 4.69) is 10.3 Å². The molecule has 0 aliphatic heterocycles. The minimum absolute atomic E-state index is 0.0503. The number of carbonyl (C=O) groups is 3. The van der Waals surface area contributed by atoms with Crippen LogP contribution in [0.25, 0.3) is 0 Å². The van der Waals surface area contributed by atoms with E-state index in [9.17, 15) is 14.4 Å². The Kier molecular flexibility index (Phi) is 7.29. The summed E-state index contributed by atoms with van der Waals surface area (Å²) in [5.41, 5.74) is 2.45. The number of benzene rings is 1. The molecule has 0 spiro atoms. The average molecular weight is 403 g/mol. The van der Waals surface area contributed by atoms with Gasteiger partial charge in [-0.15, -0.1) is 0 Å². The molecule has 0 fully saturated rings. The van der Waals surface area contributed by atoms with Gasteiger partial charge in [0.2, 0.25) is 11.7 Å². The minimum Gasteiger partial charge on any atom is -0.451 e. The van der Waals surface area contributed by atoms with Crippen molar-refractivity contribution >= 4 is 34.9 Å². The van der Waals surface area contributed by atoms with E-state index in [0.29, 0.717) is 28.9 Å². The number of nitrogens with zero attached hydrogens (tertiary/aromatic N) is 1. The fourth-order valence-corrected chi connectivity index (χ4v) is 3.07. The lowest BCUT2D eigenvalue weighted by Crippen LogP contribution is -2.25. The van der Waals surface area contributed by atoms with E-state index in [1.165, 1.54) is 6.92 Å². The Morgan fingerprint density at radius 1 is 1.18 bits per heavy atom. The van der Waals surface area contributed by atoms with Gasteiger partial charge in [-0.05, 0) is 63.1 Å². The van der Waals surface area contributed by atoms with Gasteiger partial charge >= 0.3 is 5.97 Å². The number of halogens is 1. The molecule has 0 bridgehead atoms. The van der Waals surface area contributed by atoms with Gasteiger partial charge in [0.25, 0.3) is 0 Å². The number of carbonyl (C=O) groups excluding carboxylic acids is 3. The molecule has 0 saturated carbocycles. The summed E-state index contributed by atoms with van der Waals surface area (Å²) < 4.78 is 5.30. The van der Waals surface area contributed by atoms with Crippen molar-refractivity contribution in [2.24, 2.45) is 0 Å². The summed E-state index contributed by atoms with van der Waals surface area (Å²) in [6.07, 6.45) is 0.194. The van der Waals surface area contributed by atoms with Gasteiger partial charge in [-0.3, -0.25) is 9.59 Å². The Balaban J connectivity index is 2.06. The van der Waals surface area contributed by atoms with Crippen molar-refractivity contribution < 1.29 is 19.1 Å². The summed E-state index contributed by atoms with van der Waals surface area (Å²) in [4.78, 5) is 40.7. The summed E-state index contributed by atoms with van der Waals surface area (Å²) in [6.45, 7) is 6.93. The van der Waals surface area contributed by atoms with Gasteiger partial charge in [-0.2, -0.15) is 0 Å². The number of hydrogen-bond donors (Lipinski definition) is 1. The van der Waals surface area contributed by atoms with Crippen molar-refractivity contribution in [1.29, 1.82) is 0 Å². The second kappa shape index (κ2) is 9.46. The monoisotopic (exact) mass is 402 g/mol. The van der Waals surface area contributed by atoms with Crippen LogP contribution in [0.3, 0.4) is 0 Å². The van der Waals surface area contributed by atoms with Crippen LogP contribution in [-0.4, -0.2) is 28.7 Å². The zero-order valence-electron chi connectivity index (χ0n) is 16.3. The number of aromatic nitrogens is 1. The van der Waals surface area contributed by atoms with E-state index in [1.807, 2.05) is 6.92 Å². The number of aryl methyl sites for hydroxylation is 2. The predicted octanol–water partition coefficient (Wildman–Crippen LogP) is 4.52. The fourth-order valence-electron chi connectivity index (χ4n) is 2.71. The number of rotatable bonds is 7. The third kappa shape index (κ3) is 5.39. The molecular formula is C21H23ClN2O4. The van der Waals surface area contributed by atoms with Gasteiger partial charge in [0, 0.05) is 23.4 Å². The molecule has 0 unspecified atom stereocenters. The number of amides is 1. The molecule has 148 valence electrons. The number of anilines is 1. The Labute approximate surface area is 169 Å². The van der Waals surface area contributed by atoms with Crippen molar-refractivity contribution in [3.05, 3.63) is 57.9 Å². The van der Waals surface area contributed by atoms with Crippen LogP contribution >= 0.6 is 11.6 Å². The first-order valence-corrected chi connectivity index (χ1v) is 9.39. The van der Waals surface area contributed by atoms with Gasteiger partial charge < -0.3 is 10.1 Å². The van der Waals surface area contributed by atoms with Crippen LogP contribution in [0.2, 0.25) is 5.15 Å². The van der Waals surface area contributed by atoms with Crippen LogP contribution in [0.15, 0.2) is 30.3 Å². The molecule has 7 heteroatoms. The number of pyridine rings is 1. The second-order valence-corrected chi connectivity index (χ2v) is 6.89. The van der Waals surface area contributed by atoms with Crippen molar-refractivity contribution in [1.82, 2.24) is 4.98 Å². The molecule has 1 aromatic heterocycles. The van der Waals surface area contributed by atoms with Crippen molar-refractivity contribution in [3.8, 4) is 0 Å². The van der Waals surface area contributed by atoms with E-state index >= 15 is 0 Å². The molecule has 0 saturated heterocycles. The maximum Gasteiger partial charge on any atom is 0.342 e. The largest absolute Gasteiger partial charge is 0.451 e. The van der Waals surface area contributed by atoms with E-state index in [4.69, 9.17) is 16.3 Å². The summed E-state index contributed by atoms with van der Waals surface area (Å²) in [5, 5.41) is 2.80. The van der Waals surface area contributed by atoms with Crippen LogP contribution in [0, 0.1) is 13.8 Å². The quantitative estimate of drug-likeness (QED) is 0.418. The lowest BCUT2D eigenvalue weighted by atomic mass is 10.1. The number of ether oxygens (including phenoxy) is 1. The third-order valence-corrected chi connectivity index (χ3v) is 4.36. The van der Waals surface area contributed by atoms with Crippen LogP contribution in [0.5, 0.6) is 0 Å². The smallest absolute Gasteiger partial charge is 0.342 e.